The van der Waals surface area contributed by atoms with E-state index >= 15 is 0 Å². The quantitative estimate of drug-likeness (QED) is 0.714. The molecule has 0 aliphatic heterocycles. The van der Waals surface area contributed by atoms with Crippen molar-refractivity contribution in [2.45, 2.75) is 13.5 Å². The lowest BCUT2D eigenvalue weighted by atomic mass is 10.2. The predicted octanol–water partition coefficient (Wildman–Crippen LogP) is 1.45. The molecule has 1 aromatic rings. The molecule has 0 amide bonds. The summed E-state index contributed by atoms with van der Waals surface area (Å²) in [6.07, 6.45) is 1.40. The Morgan fingerprint density at radius 3 is 3.00 bits per heavy atom. The summed E-state index contributed by atoms with van der Waals surface area (Å²) in [4.78, 5) is 12.8. The Hall–Kier alpha value is -1.33. The Morgan fingerprint density at radius 1 is 1.62 bits per heavy atom. The molecule has 1 N–H and O–H groups in total. The number of hydrogen-bond donors (Lipinski definition) is 1. The van der Waals surface area contributed by atoms with Crippen LogP contribution >= 0.6 is 0 Å². The monoisotopic (exact) mass is 227 g/mol. The molecule has 1 aromatic heterocycles. The van der Waals surface area contributed by atoms with Crippen molar-refractivity contribution in [1.82, 2.24) is 4.90 Å². The minimum absolute atomic E-state index is 0.225. The Labute approximate surface area is 94.6 Å². The second kappa shape index (κ2) is 6.30. The van der Waals surface area contributed by atoms with Gasteiger partial charge in [0.1, 0.15) is 11.3 Å². The number of likely N-dealkylation sites (N-methyl/N-ethyl adjacent to an activating group) is 1. The van der Waals surface area contributed by atoms with Crippen LogP contribution in [0.5, 0.6) is 0 Å². The largest absolute Gasteiger partial charge is 0.478 e. The lowest BCUT2D eigenvalue weighted by Gasteiger charge is -2.15. The summed E-state index contributed by atoms with van der Waals surface area (Å²) in [6, 6.07) is 1.47. The van der Waals surface area contributed by atoms with E-state index in [0.29, 0.717) is 25.5 Å². The van der Waals surface area contributed by atoms with Crippen LogP contribution in [-0.4, -0.2) is 42.8 Å². The van der Waals surface area contributed by atoms with Crippen molar-refractivity contribution >= 4 is 5.97 Å². The zero-order chi connectivity index (χ0) is 12.0. The third kappa shape index (κ3) is 3.67. The van der Waals surface area contributed by atoms with Crippen molar-refractivity contribution in [3.8, 4) is 0 Å². The van der Waals surface area contributed by atoms with Gasteiger partial charge in [-0.15, -0.1) is 0 Å². The Bertz CT molecular complexity index is 334. The molecule has 16 heavy (non-hydrogen) atoms. The summed E-state index contributed by atoms with van der Waals surface area (Å²) in [5, 5.41) is 8.88. The van der Waals surface area contributed by atoms with E-state index in [2.05, 4.69) is 0 Å². The van der Waals surface area contributed by atoms with Gasteiger partial charge in [0.15, 0.2) is 0 Å². The summed E-state index contributed by atoms with van der Waals surface area (Å²) in [6.45, 7) is 4.48. The maximum absolute atomic E-state index is 10.8. The van der Waals surface area contributed by atoms with Gasteiger partial charge in [0.25, 0.3) is 0 Å². The van der Waals surface area contributed by atoms with Gasteiger partial charge >= 0.3 is 5.97 Å². The molecule has 0 saturated carbocycles. The highest BCUT2D eigenvalue weighted by Crippen LogP contribution is 2.12. The summed E-state index contributed by atoms with van der Waals surface area (Å²) in [5.74, 6) is -0.478. The Morgan fingerprint density at radius 2 is 2.38 bits per heavy atom. The molecule has 0 aliphatic rings. The minimum atomic E-state index is -0.957. The van der Waals surface area contributed by atoms with Crippen LogP contribution in [-0.2, 0) is 11.3 Å². The highest BCUT2D eigenvalue weighted by Gasteiger charge is 2.14. The fraction of sp³-hybridized carbons (Fsp3) is 0.545. The third-order valence-corrected chi connectivity index (χ3v) is 2.21. The summed E-state index contributed by atoms with van der Waals surface area (Å²) in [5.41, 5.74) is 0.225. The third-order valence-electron chi connectivity index (χ3n) is 2.21. The highest BCUT2D eigenvalue weighted by atomic mass is 16.5. The molecule has 1 heterocycles. The minimum Gasteiger partial charge on any atom is -0.478 e. The molecule has 1 rings (SSSR count). The van der Waals surface area contributed by atoms with Gasteiger partial charge in [-0.25, -0.2) is 4.79 Å². The lowest BCUT2D eigenvalue weighted by Crippen LogP contribution is -2.23. The molecule has 5 heteroatoms. The second-order valence-electron chi connectivity index (χ2n) is 3.50. The molecule has 0 saturated heterocycles. The SMILES string of the molecule is CCOCCN(C)Cc1occc1C(=O)O. The summed E-state index contributed by atoms with van der Waals surface area (Å²) in [7, 11) is 1.90. The molecular formula is C11H17NO4. The van der Waals surface area contributed by atoms with E-state index in [1.807, 2.05) is 18.9 Å². The number of aromatic carboxylic acids is 1. The van der Waals surface area contributed by atoms with Gasteiger partial charge in [-0.2, -0.15) is 0 Å². The van der Waals surface area contributed by atoms with Crippen LogP contribution in [0.3, 0.4) is 0 Å². The van der Waals surface area contributed by atoms with E-state index in [0.717, 1.165) is 6.54 Å². The fourth-order valence-corrected chi connectivity index (χ4v) is 1.34. The first-order valence-corrected chi connectivity index (χ1v) is 5.21. The number of rotatable bonds is 7. The molecular weight excluding hydrogens is 210 g/mol. The first-order valence-electron chi connectivity index (χ1n) is 5.21. The van der Waals surface area contributed by atoms with Crippen LogP contribution in [0, 0.1) is 0 Å². The maximum Gasteiger partial charge on any atom is 0.339 e. The molecule has 0 bridgehead atoms. The highest BCUT2D eigenvalue weighted by molar-refractivity contribution is 5.88. The van der Waals surface area contributed by atoms with Crippen molar-refractivity contribution < 1.29 is 19.1 Å². The molecule has 0 fully saturated rings. The van der Waals surface area contributed by atoms with Gasteiger partial charge in [-0.3, -0.25) is 4.90 Å². The average Bonchev–Trinajstić information content (AvgIpc) is 2.66. The van der Waals surface area contributed by atoms with E-state index in [1.54, 1.807) is 0 Å². The number of carbonyl (C=O) groups is 1. The van der Waals surface area contributed by atoms with Gasteiger partial charge in [0, 0.05) is 13.2 Å². The Balaban J connectivity index is 2.46. The second-order valence-corrected chi connectivity index (χ2v) is 3.50. The predicted molar refractivity (Wildman–Crippen MR) is 58.5 cm³/mol. The molecule has 0 aromatic carbocycles. The molecule has 0 spiro atoms. The number of carboxylic acids is 1. The van der Waals surface area contributed by atoms with Crippen LogP contribution < -0.4 is 0 Å². The number of hydrogen-bond acceptors (Lipinski definition) is 4. The smallest absolute Gasteiger partial charge is 0.339 e. The van der Waals surface area contributed by atoms with Gasteiger partial charge in [0.05, 0.1) is 19.4 Å². The van der Waals surface area contributed by atoms with Gasteiger partial charge in [0.2, 0.25) is 0 Å². The summed E-state index contributed by atoms with van der Waals surface area (Å²) < 4.78 is 10.4. The van der Waals surface area contributed by atoms with Gasteiger partial charge in [-0.1, -0.05) is 0 Å². The van der Waals surface area contributed by atoms with E-state index in [9.17, 15) is 4.79 Å². The first-order chi connectivity index (χ1) is 7.65. The fourth-order valence-electron chi connectivity index (χ4n) is 1.34. The standard InChI is InChI=1S/C11H17NO4/c1-3-15-7-5-12(2)8-10-9(11(13)14)4-6-16-10/h4,6H,3,5,7-8H2,1-2H3,(H,13,14). The zero-order valence-electron chi connectivity index (χ0n) is 9.60. The van der Waals surface area contributed by atoms with Crippen molar-refractivity contribution in [1.29, 1.82) is 0 Å². The van der Waals surface area contributed by atoms with Crippen LogP contribution in [0.2, 0.25) is 0 Å². The van der Waals surface area contributed by atoms with Crippen LogP contribution in [0.4, 0.5) is 0 Å². The van der Waals surface area contributed by atoms with Crippen molar-refractivity contribution in [2.75, 3.05) is 26.8 Å². The van der Waals surface area contributed by atoms with Crippen molar-refractivity contribution in [3.63, 3.8) is 0 Å². The molecule has 90 valence electrons. The normalized spacial score (nSPS) is 10.9. The number of ether oxygens (including phenoxy) is 1. The van der Waals surface area contributed by atoms with Crippen LogP contribution in [0.1, 0.15) is 23.0 Å². The topological polar surface area (TPSA) is 62.9 Å². The molecule has 5 nitrogen and oxygen atoms in total. The van der Waals surface area contributed by atoms with Crippen molar-refractivity contribution in [3.05, 3.63) is 23.7 Å². The molecule has 0 unspecified atom stereocenters. The van der Waals surface area contributed by atoms with E-state index in [1.165, 1.54) is 12.3 Å². The average molecular weight is 227 g/mol. The van der Waals surface area contributed by atoms with E-state index in [4.69, 9.17) is 14.3 Å². The maximum atomic E-state index is 10.8. The number of furan rings is 1. The lowest BCUT2D eigenvalue weighted by molar-refractivity contribution is 0.0692. The van der Waals surface area contributed by atoms with E-state index < -0.39 is 5.97 Å². The van der Waals surface area contributed by atoms with Gasteiger partial charge < -0.3 is 14.3 Å². The number of carboxylic acid groups (broad SMARTS) is 1. The Kier molecular flexibility index (Phi) is 5.01. The number of nitrogens with zero attached hydrogens (tertiary/aromatic N) is 1. The van der Waals surface area contributed by atoms with Crippen LogP contribution in [0.15, 0.2) is 16.7 Å². The zero-order valence-corrected chi connectivity index (χ0v) is 9.60. The van der Waals surface area contributed by atoms with E-state index in [-0.39, 0.29) is 5.56 Å². The summed E-state index contributed by atoms with van der Waals surface area (Å²) >= 11 is 0. The molecule has 0 atom stereocenters. The van der Waals surface area contributed by atoms with Crippen LogP contribution in [0.25, 0.3) is 0 Å². The van der Waals surface area contributed by atoms with Crippen molar-refractivity contribution in [2.24, 2.45) is 0 Å². The van der Waals surface area contributed by atoms with Gasteiger partial charge in [-0.05, 0) is 20.0 Å². The molecule has 0 radical (unpaired) electrons. The first kappa shape index (κ1) is 12.7. The molecule has 0 aliphatic carbocycles.